The number of carbonyl (C=O) groups excluding carboxylic acids is 2. The van der Waals surface area contributed by atoms with Crippen LogP contribution in [-0.4, -0.2) is 45.3 Å². The molecule has 3 heterocycles. The van der Waals surface area contributed by atoms with E-state index >= 15 is 0 Å². The minimum atomic E-state index is -0.535. The second-order valence-corrected chi connectivity index (χ2v) is 5.58. The highest BCUT2D eigenvalue weighted by molar-refractivity contribution is 6.29. The van der Waals surface area contributed by atoms with Crippen molar-refractivity contribution >= 4 is 34.5 Å². The van der Waals surface area contributed by atoms with Gasteiger partial charge in [-0.1, -0.05) is 11.6 Å². The van der Waals surface area contributed by atoms with Crippen LogP contribution in [0.2, 0.25) is 5.15 Å². The summed E-state index contributed by atoms with van der Waals surface area (Å²) in [5.41, 5.74) is 2.14. The number of halogens is 1. The van der Waals surface area contributed by atoms with E-state index < -0.39 is 11.9 Å². The second kappa shape index (κ2) is 6.86. The molecule has 0 aliphatic heterocycles. The third-order valence-corrected chi connectivity index (χ3v) is 3.82. The van der Waals surface area contributed by atoms with Crippen molar-refractivity contribution in [1.82, 2.24) is 25.1 Å². The maximum Gasteiger partial charge on any atom is 0.325 e. The maximum atomic E-state index is 12.5. The fraction of sp³-hybridized carbons (Fsp3) is 0.188. The summed E-state index contributed by atoms with van der Waals surface area (Å²) in [4.78, 5) is 32.3. The Morgan fingerprint density at radius 3 is 2.80 bits per heavy atom. The van der Waals surface area contributed by atoms with E-state index in [0.29, 0.717) is 33.0 Å². The summed E-state index contributed by atoms with van der Waals surface area (Å²) >= 11 is 5.81. The Hall–Kier alpha value is -3.00. The number of esters is 1. The van der Waals surface area contributed by atoms with E-state index in [1.54, 1.807) is 42.3 Å². The molecule has 0 saturated carbocycles. The Morgan fingerprint density at radius 1 is 1.32 bits per heavy atom. The molecule has 0 saturated heterocycles. The van der Waals surface area contributed by atoms with Gasteiger partial charge in [-0.05, 0) is 18.2 Å². The third-order valence-electron chi connectivity index (χ3n) is 3.59. The number of hydrogen-bond acceptors (Lipinski definition) is 6. The first-order valence-corrected chi connectivity index (χ1v) is 7.67. The Bertz CT molecular complexity index is 952. The molecule has 1 amide bonds. The number of methoxy groups -OCH3 is 1. The van der Waals surface area contributed by atoms with Crippen LogP contribution >= 0.6 is 11.6 Å². The molecule has 8 nitrogen and oxygen atoms in total. The van der Waals surface area contributed by atoms with Gasteiger partial charge in [-0.3, -0.25) is 14.3 Å². The summed E-state index contributed by atoms with van der Waals surface area (Å²) in [6.07, 6.45) is 3.13. The lowest BCUT2D eigenvalue weighted by Gasteiger charge is -2.08. The van der Waals surface area contributed by atoms with Crippen molar-refractivity contribution in [2.24, 2.45) is 7.05 Å². The largest absolute Gasteiger partial charge is 0.468 e. The molecule has 3 aromatic rings. The number of carbonyl (C=O) groups is 2. The lowest BCUT2D eigenvalue weighted by Crippen LogP contribution is -2.30. The van der Waals surface area contributed by atoms with E-state index in [2.05, 4.69) is 25.1 Å². The van der Waals surface area contributed by atoms with Crippen molar-refractivity contribution in [2.45, 2.75) is 0 Å². The van der Waals surface area contributed by atoms with Gasteiger partial charge < -0.3 is 10.1 Å². The standard InChI is InChI=1S/C16H14ClN5O3/c1-22-15-11(7-20-22)10(16(24)19-8-14(23)25-2)5-12(21-15)9-3-4-13(17)18-6-9/h3-7H,8H2,1-2H3,(H,19,24). The second-order valence-electron chi connectivity index (χ2n) is 5.19. The molecule has 9 heteroatoms. The lowest BCUT2D eigenvalue weighted by atomic mass is 10.1. The van der Waals surface area contributed by atoms with Gasteiger partial charge in [0.25, 0.3) is 5.91 Å². The molecule has 0 spiro atoms. The van der Waals surface area contributed by atoms with Gasteiger partial charge in [-0.15, -0.1) is 0 Å². The summed E-state index contributed by atoms with van der Waals surface area (Å²) in [6.45, 7) is -0.225. The van der Waals surface area contributed by atoms with Gasteiger partial charge in [-0.25, -0.2) is 9.97 Å². The molecule has 0 fully saturated rings. The molecule has 25 heavy (non-hydrogen) atoms. The van der Waals surface area contributed by atoms with E-state index in [1.165, 1.54) is 7.11 Å². The molecule has 0 radical (unpaired) electrons. The summed E-state index contributed by atoms with van der Waals surface area (Å²) in [6, 6.07) is 5.03. The maximum absolute atomic E-state index is 12.5. The number of nitrogens with zero attached hydrogens (tertiary/aromatic N) is 4. The number of aryl methyl sites for hydroxylation is 1. The average Bonchev–Trinajstić information content (AvgIpc) is 3.00. The first-order valence-electron chi connectivity index (χ1n) is 7.29. The highest BCUT2D eigenvalue weighted by Crippen LogP contribution is 2.24. The molecule has 0 unspecified atom stereocenters. The Morgan fingerprint density at radius 2 is 2.12 bits per heavy atom. The number of aromatic nitrogens is 4. The molecular formula is C16H14ClN5O3. The fourth-order valence-corrected chi connectivity index (χ4v) is 2.41. The van der Waals surface area contributed by atoms with E-state index in [1.807, 2.05) is 0 Å². The predicted octanol–water partition coefficient (Wildman–Crippen LogP) is 1.59. The zero-order valence-corrected chi connectivity index (χ0v) is 14.2. The van der Waals surface area contributed by atoms with Crippen LogP contribution in [0.15, 0.2) is 30.6 Å². The first-order chi connectivity index (χ1) is 12.0. The zero-order chi connectivity index (χ0) is 18.0. The van der Waals surface area contributed by atoms with Crippen LogP contribution < -0.4 is 5.32 Å². The van der Waals surface area contributed by atoms with Crippen molar-refractivity contribution in [1.29, 1.82) is 0 Å². The normalized spacial score (nSPS) is 10.7. The average molecular weight is 360 g/mol. The summed E-state index contributed by atoms with van der Waals surface area (Å²) in [5.74, 6) is -0.957. The number of ether oxygens (including phenoxy) is 1. The molecule has 0 atom stereocenters. The smallest absolute Gasteiger partial charge is 0.325 e. The Balaban J connectivity index is 2.05. The van der Waals surface area contributed by atoms with Gasteiger partial charge in [0.15, 0.2) is 5.65 Å². The molecule has 3 rings (SSSR count). The highest BCUT2D eigenvalue weighted by atomic mass is 35.5. The van der Waals surface area contributed by atoms with E-state index in [4.69, 9.17) is 11.6 Å². The SMILES string of the molecule is COC(=O)CNC(=O)c1cc(-c2ccc(Cl)nc2)nc2c1cnn2C. The lowest BCUT2D eigenvalue weighted by molar-refractivity contribution is -0.139. The minimum Gasteiger partial charge on any atom is -0.468 e. The number of rotatable bonds is 4. The van der Waals surface area contributed by atoms with Crippen LogP contribution in [0, 0.1) is 0 Å². The zero-order valence-electron chi connectivity index (χ0n) is 13.5. The van der Waals surface area contributed by atoms with Gasteiger partial charge in [0, 0.05) is 18.8 Å². The number of pyridine rings is 2. The van der Waals surface area contributed by atoms with Gasteiger partial charge in [0.1, 0.15) is 11.7 Å². The fourth-order valence-electron chi connectivity index (χ4n) is 2.30. The molecule has 0 bridgehead atoms. The first kappa shape index (κ1) is 16.8. The molecule has 3 aromatic heterocycles. The molecule has 128 valence electrons. The van der Waals surface area contributed by atoms with E-state index in [9.17, 15) is 9.59 Å². The molecule has 1 N–H and O–H groups in total. The van der Waals surface area contributed by atoms with Crippen LogP contribution in [0.1, 0.15) is 10.4 Å². The van der Waals surface area contributed by atoms with Crippen LogP contribution in [0.25, 0.3) is 22.3 Å². The Labute approximate surface area is 147 Å². The molecule has 0 aromatic carbocycles. The van der Waals surface area contributed by atoms with Gasteiger partial charge >= 0.3 is 5.97 Å². The molecule has 0 aliphatic rings. The number of nitrogens with one attached hydrogen (secondary N) is 1. The van der Waals surface area contributed by atoms with Crippen LogP contribution in [-0.2, 0) is 16.6 Å². The van der Waals surface area contributed by atoms with Crippen molar-refractivity contribution in [3.63, 3.8) is 0 Å². The topological polar surface area (TPSA) is 99.0 Å². The number of fused-ring (bicyclic) bond motifs is 1. The van der Waals surface area contributed by atoms with Crippen LogP contribution in [0.4, 0.5) is 0 Å². The van der Waals surface area contributed by atoms with E-state index in [-0.39, 0.29) is 6.54 Å². The van der Waals surface area contributed by atoms with Gasteiger partial charge in [-0.2, -0.15) is 5.10 Å². The molecule has 0 aliphatic carbocycles. The quantitative estimate of drug-likeness (QED) is 0.561. The molecular weight excluding hydrogens is 346 g/mol. The Kier molecular flexibility index (Phi) is 4.62. The number of amides is 1. The van der Waals surface area contributed by atoms with Crippen LogP contribution in [0.3, 0.4) is 0 Å². The van der Waals surface area contributed by atoms with Gasteiger partial charge in [0.2, 0.25) is 0 Å². The predicted molar refractivity (Wildman–Crippen MR) is 91.1 cm³/mol. The third kappa shape index (κ3) is 3.43. The van der Waals surface area contributed by atoms with Gasteiger partial charge in [0.05, 0.1) is 30.0 Å². The minimum absolute atomic E-state index is 0.225. The highest BCUT2D eigenvalue weighted by Gasteiger charge is 2.17. The van der Waals surface area contributed by atoms with Crippen molar-refractivity contribution in [3.05, 3.63) is 41.3 Å². The number of hydrogen-bond donors (Lipinski definition) is 1. The van der Waals surface area contributed by atoms with Crippen LogP contribution in [0.5, 0.6) is 0 Å². The summed E-state index contributed by atoms with van der Waals surface area (Å²) < 4.78 is 6.10. The van der Waals surface area contributed by atoms with E-state index in [0.717, 1.165) is 0 Å². The summed E-state index contributed by atoms with van der Waals surface area (Å²) in [7, 11) is 2.99. The van der Waals surface area contributed by atoms with Crippen molar-refractivity contribution in [3.8, 4) is 11.3 Å². The van der Waals surface area contributed by atoms with Crippen molar-refractivity contribution in [2.75, 3.05) is 13.7 Å². The van der Waals surface area contributed by atoms with Crippen molar-refractivity contribution < 1.29 is 14.3 Å². The monoisotopic (exact) mass is 359 g/mol. The summed E-state index contributed by atoms with van der Waals surface area (Å²) in [5, 5.41) is 7.61.